The van der Waals surface area contributed by atoms with Crippen molar-refractivity contribution in [2.75, 3.05) is 12.4 Å². The van der Waals surface area contributed by atoms with Crippen LogP contribution in [0.1, 0.15) is 23.9 Å². The van der Waals surface area contributed by atoms with Crippen molar-refractivity contribution in [2.24, 2.45) is 7.05 Å². The van der Waals surface area contributed by atoms with Gasteiger partial charge >= 0.3 is 0 Å². The molecule has 0 fully saturated rings. The molecule has 0 spiro atoms. The Balaban J connectivity index is 1.85. The van der Waals surface area contributed by atoms with Crippen molar-refractivity contribution in [1.29, 1.82) is 0 Å². The van der Waals surface area contributed by atoms with Crippen molar-refractivity contribution in [3.05, 3.63) is 41.2 Å². The molecule has 1 unspecified atom stereocenters. The van der Waals surface area contributed by atoms with E-state index in [1.165, 1.54) is 11.8 Å². The second-order valence-corrected chi connectivity index (χ2v) is 6.52. The maximum atomic E-state index is 13.0. The van der Waals surface area contributed by atoms with Crippen LogP contribution in [0.4, 0.5) is 5.69 Å². The summed E-state index contributed by atoms with van der Waals surface area (Å²) in [6.07, 6.45) is 0. The molecular weight excluding hydrogens is 320 g/mol. The number of aryl methyl sites for hydroxylation is 2. The van der Waals surface area contributed by atoms with Gasteiger partial charge in [0, 0.05) is 31.9 Å². The fourth-order valence-electron chi connectivity index (χ4n) is 3.03. The molecule has 0 saturated heterocycles. The third kappa shape index (κ3) is 2.75. The smallest absolute Gasteiger partial charge is 0.278 e. The van der Waals surface area contributed by atoms with Crippen molar-refractivity contribution in [3.8, 4) is 5.75 Å². The molecule has 25 heavy (non-hydrogen) atoms. The minimum atomic E-state index is -1.60. The summed E-state index contributed by atoms with van der Waals surface area (Å²) in [7, 11) is 3.53. The van der Waals surface area contributed by atoms with Crippen LogP contribution in [-0.2, 0) is 23.2 Å². The van der Waals surface area contributed by atoms with Crippen LogP contribution in [-0.4, -0.2) is 39.1 Å². The van der Waals surface area contributed by atoms with E-state index in [0.29, 0.717) is 18.0 Å². The molecule has 132 valence electrons. The number of carbonyl (C=O) groups is 2. The van der Waals surface area contributed by atoms with Gasteiger partial charge in [0.15, 0.2) is 0 Å². The molecule has 0 radical (unpaired) electrons. The zero-order chi connectivity index (χ0) is 18.4. The maximum absolute atomic E-state index is 13.0. The fourth-order valence-corrected chi connectivity index (χ4v) is 3.03. The minimum absolute atomic E-state index is 0.359. The molecule has 1 atom stereocenters. The Bertz CT molecular complexity index is 858. The lowest BCUT2D eigenvalue weighted by molar-refractivity contribution is -0.154. The van der Waals surface area contributed by atoms with E-state index in [1.807, 2.05) is 20.9 Å². The molecule has 7 heteroatoms. The van der Waals surface area contributed by atoms with Crippen molar-refractivity contribution in [3.63, 3.8) is 0 Å². The van der Waals surface area contributed by atoms with Crippen LogP contribution in [0.5, 0.6) is 5.75 Å². The number of rotatable bonds is 3. The quantitative estimate of drug-likeness (QED) is 0.863. The zero-order valence-corrected chi connectivity index (χ0v) is 15.1. The molecule has 0 aliphatic carbocycles. The minimum Gasteiger partial charge on any atom is -0.466 e. The number of fused-ring (bicyclic) bond motifs is 1. The van der Waals surface area contributed by atoms with Gasteiger partial charge in [0.25, 0.3) is 17.4 Å². The fraction of sp³-hybridized carbons (Fsp3) is 0.389. The average molecular weight is 342 g/mol. The van der Waals surface area contributed by atoms with E-state index in [2.05, 4.69) is 10.4 Å². The number of hydrogen-bond donors (Lipinski definition) is 1. The van der Waals surface area contributed by atoms with E-state index in [0.717, 1.165) is 17.0 Å². The van der Waals surface area contributed by atoms with Crippen molar-refractivity contribution < 1.29 is 14.3 Å². The number of para-hydroxylation sites is 2. The molecule has 2 amide bonds. The zero-order valence-electron chi connectivity index (χ0n) is 15.1. The molecule has 7 nitrogen and oxygen atoms in total. The molecule has 2 aromatic rings. The van der Waals surface area contributed by atoms with Gasteiger partial charge in [-0.05, 0) is 32.9 Å². The maximum Gasteiger partial charge on any atom is 0.278 e. The van der Waals surface area contributed by atoms with Crippen molar-refractivity contribution in [2.45, 2.75) is 32.9 Å². The Morgan fingerprint density at radius 3 is 2.68 bits per heavy atom. The van der Waals surface area contributed by atoms with Crippen LogP contribution in [0.25, 0.3) is 0 Å². The third-order valence-corrected chi connectivity index (χ3v) is 4.69. The molecule has 1 aliphatic heterocycles. The summed E-state index contributed by atoms with van der Waals surface area (Å²) in [6, 6.07) is 7.07. The Labute approximate surface area is 146 Å². The number of likely N-dealkylation sites (N-methyl/N-ethyl adjacent to an activating group) is 1. The normalized spacial score (nSPS) is 19.0. The summed E-state index contributed by atoms with van der Waals surface area (Å²) < 4.78 is 7.58. The molecule has 0 bridgehead atoms. The van der Waals surface area contributed by atoms with Crippen LogP contribution in [0.2, 0.25) is 0 Å². The van der Waals surface area contributed by atoms with E-state index in [1.54, 1.807) is 36.0 Å². The molecule has 1 aliphatic rings. The van der Waals surface area contributed by atoms with Gasteiger partial charge in [0.05, 0.1) is 11.4 Å². The van der Waals surface area contributed by atoms with Gasteiger partial charge in [0.2, 0.25) is 0 Å². The molecule has 0 saturated carbocycles. The van der Waals surface area contributed by atoms with Crippen LogP contribution in [0.3, 0.4) is 0 Å². The third-order valence-electron chi connectivity index (χ3n) is 4.69. The average Bonchev–Trinajstić information content (AvgIpc) is 2.81. The Hall–Kier alpha value is -2.83. The van der Waals surface area contributed by atoms with E-state index >= 15 is 0 Å². The Morgan fingerprint density at radius 1 is 1.36 bits per heavy atom. The standard InChI is InChI=1S/C18H22N4O3/c1-11-13(12(2)22(5)20-11)10-21(4)17(24)18(3)16(23)19-14-8-6-7-9-15(14)25-18/h6-9H,10H2,1-5H3,(H,19,23). The lowest BCUT2D eigenvalue weighted by Crippen LogP contribution is -2.58. The lowest BCUT2D eigenvalue weighted by atomic mass is 10.0. The number of nitrogens with one attached hydrogen (secondary N) is 1. The molecule has 1 aromatic carbocycles. The predicted molar refractivity (Wildman–Crippen MR) is 93.3 cm³/mol. The first kappa shape index (κ1) is 17.0. The number of anilines is 1. The summed E-state index contributed by atoms with van der Waals surface area (Å²) >= 11 is 0. The van der Waals surface area contributed by atoms with E-state index in [9.17, 15) is 9.59 Å². The highest BCUT2D eigenvalue weighted by molar-refractivity contribution is 6.15. The van der Waals surface area contributed by atoms with Gasteiger partial charge in [-0.3, -0.25) is 14.3 Å². The Morgan fingerprint density at radius 2 is 2.04 bits per heavy atom. The van der Waals surface area contributed by atoms with Crippen molar-refractivity contribution >= 4 is 17.5 Å². The SMILES string of the molecule is Cc1nn(C)c(C)c1CN(C)C(=O)C1(C)Oc2ccccc2NC1=O. The van der Waals surface area contributed by atoms with E-state index < -0.39 is 17.4 Å². The summed E-state index contributed by atoms with van der Waals surface area (Å²) in [4.78, 5) is 27.0. The van der Waals surface area contributed by atoms with Crippen LogP contribution >= 0.6 is 0 Å². The van der Waals surface area contributed by atoms with Gasteiger partial charge in [-0.2, -0.15) is 5.10 Å². The number of ether oxygens (including phenoxy) is 1. The summed E-state index contributed by atoms with van der Waals surface area (Å²) in [5, 5.41) is 7.11. The van der Waals surface area contributed by atoms with Gasteiger partial charge in [0.1, 0.15) is 5.75 Å². The van der Waals surface area contributed by atoms with E-state index in [4.69, 9.17) is 4.74 Å². The first-order chi connectivity index (χ1) is 11.7. The van der Waals surface area contributed by atoms with Gasteiger partial charge < -0.3 is 15.0 Å². The highest BCUT2D eigenvalue weighted by Gasteiger charge is 2.48. The van der Waals surface area contributed by atoms with Crippen LogP contribution in [0.15, 0.2) is 24.3 Å². The highest BCUT2D eigenvalue weighted by Crippen LogP contribution is 2.34. The highest BCUT2D eigenvalue weighted by atomic mass is 16.5. The summed E-state index contributed by atoms with van der Waals surface area (Å²) in [5.41, 5.74) is 1.79. The van der Waals surface area contributed by atoms with Gasteiger partial charge in [-0.15, -0.1) is 0 Å². The first-order valence-electron chi connectivity index (χ1n) is 8.08. The lowest BCUT2D eigenvalue weighted by Gasteiger charge is -2.35. The van der Waals surface area contributed by atoms with Crippen LogP contribution < -0.4 is 10.1 Å². The second kappa shape index (κ2) is 5.91. The predicted octanol–water partition coefficient (Wildman–Crippen LogP) is 1.79. The Kier molecular flexibility index (Phi) is 4.02. The van der Waals surface area contributed by atoms with Gasteiger partial charge in [-0.1, -0.05) is 12.1 Å². The second-order valence-electron chi connectivity index (χ2n) is 6.52. The topological polar surface area (TPSA) is 76.5 Å². The number of carbonyl (C=O) groups excluding carboxylic acids is 2. The molecule has 1 N–H and O–H groups in total. The largest absolute Gasteiger partial charge is 0.466 e. The number of amides is 2. The van der Waals surface area contributed by atoms with Crippen molar-refractivity contribution in [1.82, 2.24) is 14.7 Å². The van der Waals surface area contributed by atoms with Gasteiger partial charge in [-0.25, -0.2) is 0 Å². The number of aromatic nitrogens is 2. The summed E-state index contributed by atoms with van der Waals surface area (Å²) in [5.74, 6) is -0.384. The number of nitrogens with zero attached hydrogens (tertiary/aromatic N) is 3. The van der Waals surface area contributed by atoms with E-state index in [-0.39, 0.29) is 0 Å². The first-order valence-corrected chi connectivity index (χ1v) is 8.08. The molecule has 2 heterocycles. The molecular formula is C18H22N4O3. The molecule has 3 rings (SSSR count). The monoisotopic (exact) mass is 342 g/mol. The number of benzene rings is 1. The van der Waals surface area contributed by atoms with Crippen LogP contribution in [0, 0.1) is 13.8 Å². The molecule has 1 aromatic heterocycles. The number of hydrogen-bond acceptors (Lipinski definition) is 4. The summed E-state index contributed by atoms with van der Waals surface area (Å²) in [6.45, 7) is 5.72.